The molecule has 146 valence electrons. The Balaban J connectivity index is 1.50. The predicted molar refractivity (Wildman–Crippen MR) is 101 cm³/mol. The van der Waals surface area contributed by atoms with E-state index in [1.807, 2.05) is 0 Å². The van der Waals surface area contributed by atoms with Crippen LogP contribution in [0.4, 0.5) is 0 Å². The molecule has 0 N–H and O–H groups in total. The first kappa shape index (κ1) is 19.3. The zero-order valence-electron chi connectivity index (χ0n) is 16.5. The van der Waals surface area contributed by atoms with Crippen LogP contribution in [0.5, 0.6) is 0 Å². The van der Waals surface area contributed by atoms with Crippen molar-refractivity contribution < 1.29 is 9.32 Å². The maximum atomic E-state index is 12.1. The summed E-state index contributed by atoms with van der Waals surface area (Å²) in [7, 11) is 0. The van der Waals surface area contributed by atoms with Gasteiger partial charge in [-0.05, 0) is 51.1 Å². The van der Waals surface area contributed by atoms with Crippen molar-refractivity contribution in [1.29, 1.82) is 0 Å². The minimum absolute atomic E-state index is 0.254. The average Bonchev–Trinajstić information content (AvgIpc) is 2.93. The standard InChI is InChI=1S/C20H34N4O2/c1-3-4-9-19-21-20(26-22-19)15-23-13-10-17(11-14-23)18-8-6-5-7-12-24(18)16(2)25/h17-18H,3-15H2,1-2H3/t18-/m0/s1. The third kappa shape index (κ3) is 5.06. The number of nitrogens with zero attached hydrogens (tertiary/aromatic N) is 4. The molecule has 0 saturated carbocycles. The second-order valence-corrected chi connectivity index (χ2v) is 7.95. The quantitative estimate of drug-likeness (QED) is 0.776. The molecule has 0 unspecified atom stereocenters. The van der Waals surface area contributed by atoms with Crippen molar-refractivity contribution in [2.45, 2.75) is 84.2 Å². The molecular weight excluding hydrogens is 328 g/mol. The highest BCUT2D eigenvalue weighted by molar-refractivity contribution is 5.73. The minimum Gasteiger partial charge on any atom is -0.340 e. The Labute approximate surface area is 157 Å². The average molecular weight is 363 g/mol. The second-order valence-electron chi connectivity index (χ2n) is 7.95. The maximum absolute atomic E-state index is 12.1. The third-order valence-electron chi connectivity index (χ3n) is 6.00. The molecule has 1 aromatic heterocycles. The van der Waals surface area contributed by atoms with Gasteiger partial charge in [-0.25, -0.2) is 0 Å². The molecule has 0 aliphatic carbocycles. The van der Waals surface area contributed by atoms with Gasteiger partial charge in [-0.2, -0.15) is 4.98 Å². The zero-order chi connectivity index (χ0) is 18.4. The Morgan fingerprint density at radius 2 is 1.96 bits per heavy atom. The summed E-state index contributed by atoms with van der Waals surface area (Å²) >= 11 is 0. The van der Waals surface area contributed by atoms with Gasteiger partial charge in [-0.1, -0.05) is 31.3 Å². The maximum Gasteiger partial charge on any atom is 0.240 e. The van der Waals surface area contributed by atoms with Crippen LogP contribution < -0.4 is 0 Å². The number of carbonyl (C=O) groups is 1. The molecule has 1 aromatic rings. The summed E-state index contributed by atoms with van der Waals surface area (Å²) in [5, 5.41) is 4.09. The lowest BCUT2D eigenvalue weighted by Gasteiger charge is -2.40. The minimum atomic E-state index is 0.254. The smallest absolute Gasteiger partial charge is 0.240 e. The topological polar surface area (TPSA) is 62.5 Å². The second kappa shape index (κ2) is 9.49. The van der Waals surface area contributed by atoms with E-state index < -0.39 is 0 Å². The van der Waals surface area contributed by atoms with Crippen molar-refractivity contribution in [3.05, 3.63) is 11.7 Å². The molecule has 0 aromatic carbocycles. The van der Waals surface area contributed by atoms with Crippen molar-refractivity contribution in [3.63, 3.8) is 0 Å². The molecule has 2 fully saturated rings. The van der Waals surface area contributed by atoms with Gasteiger partial charge in [0.05, 0.1) is 6.54 Å². The summed E-state index contributed by atoms with van der Waals surface area (Å²) in [5.41, 5.74) is 0. The summed E-state index contributed by atoms with van der Waals surface area (Å²) < 4.78 is 5.42. The normalized spacial score (nSPS) is 23.2. The first-order chi connectivity index (χ1) is 12.7. The third-order valence-corrected chi connectivity index (χ3v) is 6.00. The molecule has 26 heavy (non-hydrogen) atoms. The summed E-state index contributed by atoms with van der Waals surface area (Å²) in [6.45, 7) is 7.72. The number of unbranched alkanes of at least 4 members (excludes halogenated alkanes) is 1. The van der Waals surface area contributed by atoms with Crippen LogP contribution in [0.3, 0.4) is 0 Å². The molecule has 6 nitrogen and oxygen atoms in total. The first-order valence-electron chi connectivity index (χ1n) is 10.5. The van der Waals surface area contributed by atoms with Gasteiger partial charge in [0.15, 0.2) is 5.82 Å². The number of aryl methyl sites for hydroxylation is 1. The van der Waals surface area contributed by atoms with E-state index in [2.05, 4.69) is 26.9 Å². The van der Waals surface area contributed by atoms with Gasteiger partial charge in [0.25, 0.3) is 0 Å². The molecule has 1 atom stereocenters. The van der Waals surface area contributed by atoms with Crippen LogP contribution in [0.25, 0.3) is 0 Å². The van der Waals surface area contributed by atoms with Gasteiger partial charge in [0, 0.05) is 25.9 Å². The highest BCUT2D eigenvalue weighted by atomic mass is 16.5. The van der Waals surface area contributed by atoms with Crippen molar-refractivity contribution in [3.8, 4) is 0 Å². The summed E-state index contributed by atoms with van der Waals surface area (Å²) in [4.78, 5) is 21.2. The van der Waals surface area contributed by atoms with E-state index in [1.165, 1.54) is 19.3 Å². The molecule has 2 aliphatic heterocycles. The van der Waals surface area contributed by atoms with Crippen LogP contribution in [0.2, 0.25) is 0 Å². The van der Waals surface area contributed by atoms with Gasteiger partial charge in [0.2, 0.25) is 11.8 Å². The molecule has 1 amide bonds. The molecule has 3 heterocycles. The van der Waals surface area contributed by atoms with Crippen LogP contribution in [-0.2, 0) is 17.8 Å². The number of carbonyl (C=O) groups excluding carboxylic acids is 1. The summed E-state index contributed by atoms with van der Waals surface area (Å²) in [6, 6.07) is 0.446. The fraction of sp³-hybridized carbons (Fsp3) is 0.850. The Bertz CT molecular complexity index is 566. The molecule has 2 aliphatic rings. The Morgan fingerprint density at radius 3 is 2.69 bits per heavy atom. The van der Waals surface area contributed by atoms with E-state index >= 15 is 0 Å². The van der Waals surface area contributed by atoms with Gasteiger partial charge in [0.1, 0.15) is 0 Å². The lowest BCUT2D eigenvalue weighted by atomic mass is 9.86. The molecule has 3 rings (SSSR count). The number of hydrogen-bond donors (Lipinski definition) is 0. The van der Waals surface area contributed by atoms with E-state index in [1.54, 1.807) is 6.92 Å². The number of rotatable bonds is 6. The Hall–Kier alpha value is -1.43. The van der Waals surface area contributed by atoms with Crippen molar-refractivity contribution in [1.82, 2.24) is 19.9 Å². The Morgan fingerprint density at radius 1 is 1.15 bits per heavy atom. The fourth-order valence-electron chi connectivity index (χ4n) is 4.49. The highest BCUT2D eigenvalue weighted by Crippen LogP contribution is 2.30. The number of piperidine rings is 1. The van der Waals surface area contributed by atoms with Gasteiger partial charge >= 0.3 is 0 Å². The number of amides is 1. The van der Waals surface area contributed by atoms with Gasteiger partial charge < -0.3 is 9.42 Å². The molecule has 2 saturated heterocycles. The van der Waals surface area contributed by atoms with E-state index in [0.717, 1.165) is 76.4 Å². The Kier molecular flexibility index (Phi) is 7.06. The molecule has 6 heteroatoms. The van der Waals surface area contributed by atoms with Crippen LogP contribution in [-0.4, -0.2) is 51.5 Å². The van der Waals surface area contributed by atoms with E-state index in [-0.39, 0.29) is 5.91 Å². The van der Waals surface area contributed by atoms with E-state index in [9.17, 15) is 4.79 Å². The molecular formula is C20H34N4O2. The highest BCUT2D eigenvalue weighted by Gasteiger charge is 2.33. The lowest BCUT2D eigenvalue weighted by molar-refractivity contribution is -0.132. The van der Waals surface area contributed by atoms with Crippen LogP contribution in [0.15, 0.2) is 4.52 Å². The number of hydrogen-bond acceptors (Lipinski definition) is 5. The SMILES string of the molecule is CCCCc1noc(CN2CCC([C@@H]3CCCCCN3C(C)=O)CC2)n1. The molecule has 0 radical (unpaired) electrons. The fourth-order valence-corrected chi connectivity index (χ4v) is 4.49. The molecule has 0 bridgehead atoms. The van der Waals surface area contributed by atoms with Crippen molar-refractivity contribution >= 4 is 5.91 Å². The monoisotopic (exact) mass is 362 g/mol. The first-order valence-corrected chi connectivity index (χ1v) is 10.5. The van der Waals surface area contributed by atoms with Crippen molar-refractivity contribution in [2.24, 2.45) is 5.92 Å². The largest absolute Gasteiger partial charge is 0.340 e. The van der Waals surface area contributed by atoms with Gasteiger partial charge in [-0.15, -0.1) is 0 Å². The van der Waals surface area contributed by atoms with E-state index in [4.69, 9.17) is 4.52 Å². The van der Waals surface area contributed by atoms with Crippen LogP contribution in [0.1, 0.15) is 76.9 Å². The lowest BCUT2D eigenvalue weighted by Crippen LogP contribution is -2.47. The van der Waals surface area contributed by atoms with Gasteiger partial charge in [-0.3, -0.25) is 9.69 Å². The number of likely N-dealkylation sites (tertiary alicyclic amines) is 2. The van der Waals surface area contributed by atoms with Crippen LogP contribution in [0, 0.1) is 5.92 Å². The van der Waals surface area contributed by atoms with E-state index in [0.29, 0.717) is 12.0 Å². The molecule has 0 spiro atoms. The van der Waals surface area contributed by atoms with Crippen LogP contribution >= 0.6 is 0 Å². The summed E-state index contributed by atoms with van der Waals surface area (Å²) in [5.74, 6) is 2.47. The van der Waals surface area contributed by atoms with Crippen molar-refractivity contribution in [2.75, 3.05) is 19.6 Å². The zero-order valence-corrected chi connectivity index (χ0v) is 16.5. The number of aromatic nitrogens is 2. The summed E-state index contributed by atoms with van der Waals surface area (Å²) in [6.07, 6.45) is 10.3. The predicted octanol–water partition coefficient (Wildman–Crippen LogP) is 3.42.